The third-order valence-corrected chi connectivity index (χ3v) is 5.07. The summed E-state index contributed by atoms with van der Waals surface area (Å²) in [6.07, 6.45) is 5.28. The van der Waals surface area contributed by atoms with Gasteiger partial charge in [0.05, 0.1) is 0 Å². The van der Waals surface area contributed by atoms with E-state index in [1.807, 2.05) is 11.3 Å². The number of unbranched alkanes of at least 4 members (excludes halogenated alkanes) is 1. The number of hydrogen-bond donors (Lipinski definition) is 0. The van der Waals surface area contributed by atoms with E-state index in [9.17, 15) is 0 Å². The van der Waals surface area contributed by atoms with Crippen molar-refractivity contribution < 1.29 is 0 Å². The van der Waals surface area contributed by atoms with Crippen molar-refractivity contribution in [2.75, 3.05) is 0 Å². The zero-order chi connectivity index (χ0) is 13.8. The van der Waals surface area contributed by atoms with Crippen molar-refractivity contribution >= 4 is 21.4 Å². The second-order valence-corrected chi connectivity index (χ2v) is 7.43. The highest BCUT2D eigenvalue weighted by atomic mass is 32.1. The van der Waals surface area contributed by atoms with Crippen LogP contribution < -0.4 is 0 Å². The number of benzene rings is 1. The summed E-state index contributed by atoms with van der Waals surface area (Å²) in [5, 5.41) is 1.42. The number of rotatable bonds is 6. The Bertz CT molecular complexity index is 519. The second-order valence-electron chi connectivity index (χ2n) is 6.32. The van der Waals surface area contributed by atoms with Crippen LogP contribution >= 0.6 is 11.3 Å². The minimum Gasteiger partial charge on any atom is -0.140 e. The molecule has 1 aromatic heterocycles. The first-order valence-corrected chi connectivity index (χ1v) is 8.40. The average Bonchev–Trinajstić information content (AvgIpc) is 2.77. The van der Waals surface area contributed by atoms with Crippen molar-refractivity contribution in [1.29, 1.82) is 0 Å². The van der Waals surface area contributed by atoms with Crippen LogP contribution in [0.3, 0.4) is 0 Å². The quantitative estimate of drug-likeness (QED) is 0.535. The first-order chi connectivity index (χ1) is 9.06. The van der Waals surface area contributed by atoms with E-state index >= 15 is 0 Å². The lowest BCUT2D eigenvalue weighted by atomic mass is 10.0. The molecule has 0 bridgehead atoms. The minimum atomic E-state index is 0.645. The zero-order valence-corrected chi connectivity index (χ0v) is 13.5. The van der Waals surface area contributed by atoms with Gasteiger partial charge in [0, 0.05) is 9.58 Å². The molecule has 0 amide bonds. The predicted molar refractivity (Wildman–Crippen MR) is 88.3 cm³/mol. The van der Waals surface area contributed by atoms with Crippen LogP contribution in [0.15, 0.2) is 24.3 Å². The topological polar surface area (TPSA) is 0 Å². The Labute approximate surface area is 121 Å². The van der Waals surface area contributed by atoms with Gasteiger partial charge in [-0.3, -0.25) is 0 Å². The summed E-state index contributed by atoms with van der Waals surface area (Å²) in [6.45, 7) is 9.17. The smallest absolute Gasteiger partial charge is 0.0348 e. The van der Waals surface area contributed by atoms with E-state index < -0.39 is 0 Å². The molecule has 1 aromatic carbocycles. The van der Waals surface area contributed by atoms with Gasteiger partial charge in [-0.25, -0.2) is 0 Å². The molecule has 1 heterocycles. The first kappa shape index (κ1) is 14.6. The Morgan fingerprint density at radius 1 is 1.00 bits per heavy atom. The largest absolute Gasteiger partial charge is 0.140 e. The van der Waals surface area contributed by atoms with Gasteiger partial charge in [0.2, 0.25) is 0 Å². The fourth-order valence-corrected chi connectivity index (χ4v) is 3.55. The Morgan fingerprint density at radius 2 is 1.79 bits per heavy atom. The monoisotopic (exact) mass is 274 g/mol. The highest BCUT2D eigenvalue weighted by molar-refractivity contribution is 7.19. The molecule has 19 heavy (non-hydrogen) atoms. The molecule has 0 atom stereocenters. The summed E-state index contributed by atoms with van der Waals surface area (Å²) in [6, 6.07) is 9.37. The highest BCUT2D eigenvalue weighted by Gasteiger charge is 2.06. The Morgan fingerprint density at radius 3 is 2.47 bits per heavy atom. The van der Waals surface area contributed by atoms with E-state index in [1.165, 1.54) is 46.2 Å². The maximum absolute atomic E-state index is 2.40. The molecule has 0 unspecified atom stereocenters. The Hall–Kier alpha value is -0.820. The SMILES string of the molecule is CC(C)CCCCc1ccc2cc(C(C)C)sc2c1. The average molecular weight is 274 g/mol. The van der Waals surface area contributed by atoms with Crippen molar-refractivity contribution in [3.8, 4) is 0 Å². The lowest BCUT2D eigenvalue weighted by Gasteiger charge is -2.04. The summed E-state index contributed by atoms with van der Waals surface area (Å²) in [5.74, 6) is 1.49. The fraction of sp³-hybridized carbons (Fsp3) is 0.556. The van der Waals surface area contributed by atoms with E-state index in [4.69, 9.17) is 0 Å². The molecule has 2 rings (SSSR count). The van der Waals surface area contributed by atoms with Gasteiger partial charge in [-0.2, -0.15) is 0 Å². The molecule has 0 aliphatic heterocycles. The van der Waals surface area contributed by atoms with Gasteiger partial charge in [0.1, 0.15) is 0 Å². The van der Waals surface area contributed by atoms with Crippen LogP contribution in [0, 0.1) is 5.92 Å². The lowest BCUT2D eigenvalue weighted by Crippen LogP contribution is -1.89. The molecule has 0 aliphatic carbocycles. The van der Waals surface area contributed by atoms with Gasteiger partial charge < -0.3 is 0 Å². The molecule has 0 saturated heterocycles. The minimum absolute atomic E-state index is 0.645. The Kier molecular flexibility index (Phi) is 5.04. The Balaban J connectivity index is 2.00. The van der Waals surface area contributed by atoms with E-state index in [2.05, 4.69) is 52.0 Å². The van der Waals surface area contributed by atoms with Crippen LogP contribution in [-0.2, 0) is 6.42 Å². The summed E-state index contributed by atoms with van der Waals surface area (Å²) < 4.78 is 1.46. The summed E-state index contributed by atoms with van der Waals surface area (Å²) in [5.41, 5.74) is 1.51. The predicted octanol–water partition coefficient (Wildman–Crippen LogP) is 6.39. The number of aryl methyl sites for hydroxylation is 1. The molecular weight excluding hydrogens is 248 g/mol. The number of hydrogen-bond acceptors (Lipinski definition) is 1. The second kappa shape index (κ2) is 6.56. The fourth-order valence-electron chi connectivity index (χ4n) is 2.42. The van der Waals surface area contributed by atoms with E-state index in [0.29, 0.717) is 5.92 Å². The van der Waals surface area contributed by atoms with Gasteiger partial charge in [-0.05, 0) is 47.8 Å². The summed E-state index contributed by atoms with van der Waals surface area (Å²) >= 11 is 1.96. The number of thiophene rings is 1. The van der Waals surface area contributed by atoms with Crippen LogP contribution in [0.1, 0.15) is 63.3 Å². The van der Waals surface area contributed by atoms with Crippen LogP contribution in [0.25, 0.3) is 10.1 Å². The van der Waals surface area contributed by atoms with Gasteiger partial charge in [-0.1, -0.05) is 52.7 Å². The van der Waals surface area contributed by atoms with Gasteiger partial charge >= 0.3 is 0 Å². The molecule has 0 N–H and O–H groups in total. The van der Waals surface area contributed by atoms with Gasteiger partial charge in [0.25, 0.3) is 0 Å². The molecule has 0 nitrogen and oxygen atoms in total. The van der Waals surface area contributed by atoms with Crippen LogP contribution in [0.5, 0.6) is 0 Å². The van der Waals surface area contributed by atoms with Crippen molar-refractivity contribution in [2.24, 2.45) is 5.92 Å². The van der Waals surface area contributed by atoms with Crippen molar-refractivity contribution in [3.63, 3.8) is 0 Å². The first-order valence-electron chi connectivity index (χ1n) is 7.58. The van der Waals surface area contributed by atoms with Gasteiger partial charge in [-0.15, -0.1) is 11.3 Å². The van der Waals surface area contributed by atoms with Crippen molar-refractivity contribution in [3.05, 3.63) is 34.7 Å². The van der Waals surface area contributed by atoms with E-state index in [-0.39, 0.29) is 0 Å². The number of fused-ring (bicyclic) bond motifs is 1. The lowest BCUT2D eigenvalue weighted by molar-refractivity contribution is 0.538. The molecule has 0 radical (unpaired) electrons. The third-order valence-electron chi connectivity index (χ3n) is 3.67. The molecular formula is C18H26S. The van der Waals surface area contributed by atoms with Crippen LogP contribution in [-0.4, -0.2) is 0 Å². The molecule has 0 saturated carbocycles. The van der Waals surface area contributed by atoms with Crippen LogP contribution in [0.2, 0.25) is 0 Å². The molecule has 2 aromatic rings. The van der Waals surface area contributed by atoms with Crippen LogP contribution in [0.4, 0.5) is 0 Å². The molecule has 0 spiro atoms. The normalized spacial score (nSPS) is 11.9. The van der Waals surface area contributed by atoms with E-state index in [0.717, 1.165) is 5.92 Å². The molecule has 104 valence electrons. The standard InChI is InChI=1S/C18H26S/c1-13(2)7-5-6-8-15-9-10-16-12-17(14(3)4)19-18(16)11-15/h9-14H,5-8H2,1-4H3. The highest BCUT2D eigenvalue weighted by Crippen LogP contribution is 2.31. The molecule has 0 aliphatic rings. The maximum Gasteiger partial charge on any atom is 0.0348 e. The third kappa shape index (κ3) is 4.07. The molecule has 1 heteroatoms. The summed E-state index contributed by atoms with van der Waals surface area (Å²) in [4.78, 5) is 1.51. The zero-order valence-electron chi connectivity index (χ0n) is 12.7. The van der Waals surface area contributed by atoms with Gasteiger partial charge in [0.15, 0.2) is 0 Å². The summed E-state index contributed by atoms with van der Waals surface area (Å²) in [7, 11) is 0. The van der Waals surface area contributed by atoms with Crippen molar-refractivity contribution in [2.45, 2.75) is 59.3 Å². The van der Waals surface area contributed by atoms with Crippen molar-refractivity contribution in [1.82, 2.24) is 0 Å². The molecule has 0 fully saturated rings. The maximum atomic E-state index is 2.40. The van der Waals surface area contributed by atoms with E-state index in [1.54, 1.807) is 0 Å².